The summed E-state index contributed by atoms with van der Waals surface area (Å²) in [6.07, 6.45) is 1.46. The Morgan fingerprint density at radius 2 is 1.93 bits per heavy atom. The van der Waals surface area contributed by atoms with E-state index in [-0.39, 0.29) is 0 Å². The number of hydrogen-bond acceptors (Lipinski definition) is 6. The van der Waals surface area contributed by atoms with Crippen molar-refractivity contribution in [2.24, 2.45) is 0 Å². The van der Waals surface area contributed by atoms with Crippen LogP contribution in [0, 0.1) is 0 Å². The van der Waals surface area contributed by atoms with Crippen molar-refractivity contribution in [3.63, 3.8) is 0 Å². The van der Waals surface area contributed by atoms with Crippen molar-refractivity contribution in [1.29, 1.82) is 0 Å². The lowest BCUT2D eigenvalue weighted by Crippen LogP contribution is -2.05. The van der Waals surface area contributed by atoms with Crippen molar-refractivity contribution in [1.82, 2.24) is 4.98 Å². The van der Waals surface area contributed by atoms with E-state index in [4.69, 9.17) is 21.1 Å². The van der Waals surface area contributed by atoms with Gasteiger partial charge in [0.15, 0.2) is 0 Å². The molecule has 0 unspecified atom stereocenters. The summed E-state index contributed by atoms with van der Waals surface area (Å²) < 4.78 is 11.9. The fraction of sp³-hybridized carbons (Fsp3) is 0.130. The SMILES string of the molecule is CCOC(=O)c1cnc(Cl)c2c(COc3cccc(Nc4ccccc4)c3)csc12. The number of anilines is 2. The third kappa shape index (κ3) is 4.40. The lowest BCUT2D eigenvalue weighted by atomic mass is 10.2. The Morgan fingerprint density at radius 1 is 1.13 bits per heavy atom. The van der Waals surface area contributed by atoms with Gasteiger partial charge in [-0.3, -0.25) is 0 Å². The molecule has 2 aromatic carbocycles. The molecule has 0 saturated heterocycles. The fourth-order valence-corrected chi connectivity index (χ4v) is 4.41. The summed E-state index contributed by atoms with van der Waals surface area (Å²) in [4.78, 5) is 16.4. The molecule has 0 atom stereocenters. The van der Waals surface area contributed by atoms with Crippen molar-refractivity contribution in [2.75, 3.05) is 11.9 Å². The van der Waals surface area contributed by atoms with Gasteiger partial charge < -0.3 is 14.8 Å². The molecule has 0 amide bonds. The number of carbonyl (C=O) groups is 1. The number of halogens is 1. The average Bonchev–Trinajstić information content (AvgIpc) is 3.19. The Morgan fingerprint density at radius 3 is 2.73 bits per heavy atom. The second-order valence-electron chi connectivity index (χ2n) is 6.46. The molecule has 0 spiro atoms. The zero-order valence-electron chi connectivity index (χ0n) is 16.2. The van der Waals surface area contributed by atoms with E-state index in [0.717, 1.165) is 32.8 Å². The number of nitrogens with one attached hydrogen (secondary N) is 1. The molecule has 2 heterocycles. The van der Waals surface area contributed by atoms with Gasteiger partial charge >= 0.3 is 5.97 Å². The van der Waals surface area contributed by atoms with Crippen LogP contribution in [0.25, 0.3) is 10.1 Å². The van der Waals surface area contributed by atoms with Gasteiger partial charge in [-0.05, 0) is 36.6 Å². The number of aromatic nitrogens is 1. The number of carbonyl (C=O) groups excluding carboxylic acids is 1. The van der Waals surface area contributed by atoms with Gasteiger partial charge in [0.2, 0.25) is 0 Å². The van der Waals surface area contributed by atoms with Gasteiger partial charge in [0.1, 0.15) is 17.5 Å². The number of ether oxygens (including phenoxy) is 2. The maximum Gasteiger partial charge on any atom is 0.341 e. The average molecular weight is 439 g/mol. The first-order chi connectivity index (χ1) is 14.7. The minimum atomic E-state index is -0.402. The molecule has 0 aliphatic rings. The van der Waals surface area contributed by atoms with Crippen molar-refractivity contribution < 1.29 is 14.3 Å². The predicted octanol–water partition coefficient (Wildman–Crippen LogP) is 6.45. The summed E-state index contributed by atoms with van der Waals surface area (Å²) in [5.74, 6) is 0.321. The molecule has 7 heteroatoms. The monoisotopic (exact) mass is 438 g/mol. The van der Waals surface area contributed by atoms with E-state index in [9.17, 15) is 4.79 Å². The van der Waals surface area contributed by atoms with Crippen molar-refractivity contribution in [3.8, 4) is 5.75 Å². The van der Waals surface area contributed by atoms with E-state index < -0.39 is 5.97 Å². The van der Waals surface area contributed by atoms with Crippen LogP contribution in [0.4, 0.5) is 11.4 Å². The number of fused-ring (bicyclic) bond motifs is 1. The summed E-state index contributed by atoms with van der Waals surface area (Å²) in [6, 6.07) is 17.7. The standard InChI is InChI=1S/C23H19ClN2O3S/c1-2-28-23(27)19-12-25-22(24)20-15(14-30-21(19)20)13-29-18-10-6-9-17(11-18)26-16-7-4-3-5-8-16/h3-12,14,26H,2,13H2,1H3. The van der Waals surface area contributed by atoms with Crippen LogP contribution in [0.3, 0.4) is 0 Å². The van der Waals surface area contributed by atoms with Gasteiger partial charge in [0.05, 0.1) is 16.9 Å². The Hall–Kier alpha value is -3.09. The van der Waals surface area contributed by atoms with E-state index in [1.54, 1.807) is 6.92 Å². The Bertz CT molecular complexity index is 1180. The van der Waals surface area contributed by atoms with Gasteiger partial charge in [-0.2, -0.15) is 0 Å². The molecule has 0 bridgehead atoms. The fourth-order valence-electron chi connectivity index (χ4n) is 3.04. The highest BCUT2D eigenvalue weighted by atomic mass is 35.5. The number of thiophene rings is 1. The molecule has 0 radical (unpaired) electrons. The highest BCUT2D eigenvalue weighted by molar-refractivity contribution is 7.17. The molecule has 4 aromatic rings. The van der Waals surface area contributed by atoms with E-state index in [2.05, 4.69) is 10.3 Å². The second kappa shape index (κ2) is 9.15. The number of pyridine rings is 1. The van der Waals surface area contributed by atoms with Gasteiger partial charge in [-0.1, -0.05) is 35.9 Å². The van der Waals surface area contributed by atoms with Crippen molar-refractivity contribution in [2.45, 2.75) is 13.5 Å². The summed E-state index contributed by atoms with van der Waals surface area (Å²) in [5, 5.41) is 6.36. The molecule has 0 saturated carbocycles. The Labute approximate surface area is 183 Å². The molecule has 152 valence electrons. The topological polar surface area (TPSA) is 60.5 Å². The van der Waals surface area contributed by atoms with Gasteiger partial charge in [-0.15, -0.1) is 11.3 Å². The number of hydrogen-bond donors (Lipinski definition) is 1. The zero-order valence-corrected chi connectivity index (χ0v) is 17.8. The van der Waals surface area contributed by atoms with Crippen LogP contribution in [-0.2, 0) is 11.3 Å². The molecule has 0 aliphatic carbocycles. The predicted molar refractivity (Wildman–Crippen MR) is 121 cm³/mol. The number of nitrogens with zero attached hydrogens (tertiary/aromatic N) is 1. The van der Waals surface area contributed by atoms with E-state index in [0.29, 0.717) is 23.9 Å². The molecule has 5 nitrogen and oxygen atoms in total. The molecular weight excluding hydrogens is 420 g/mol. The highest BCUT2D eigenvalue weighted by Gasteiger charge is 2.18. The molecule has 0 aliphatic heterocycles. The van der Waals surface area contributed by atoms with E-state index in [1.165, 1.54) is 17.5 Å². The first-order valence-electron chi connectivity index (χ1n) is 9.42. The molecule has 30 heavy (non-hydrogen) atoms. The van der Waals surface area contributed by atoms with Gasteiger partial charge in [0, 0.05) is 34.6 Å². The normalized spacial score (nSPS) is 10.7. The second-order valence-corrected chi connectivity index (χ2v) is 7.69. The van der Waals surface area contributed by atoms with Crippen LogP contribution in [-0.4, -0.2) is 17.6 Å². The minimum absolute atomic E-state index is 0.303. The Balaban J connectivity index is 1.53. The summed E-state index contributed by atoms with van der Waals surface area (Å²) >= 11 is 7.76. The lowest BCUT2D eigenvalue weighted by molar-refractivity contribution is 0.0528. The largest absolute Gasteiger partial charge is 0.489 e. The first kappa shape index (κ1) is 20.2. The molecule has 4 rings (SSSR count). The maximum atomic E-state index is 12.2. The summed E-state index contributed by atoms with van der Waals surface area (Å²) in [6.45, 7) is 2.38. The van der Waals surface area contributed by atoms with Crippen LogP contribution >= 0.6 is 22.9 Å². The van der Waals surface area contributed by atoms with Gasteiger partial charge in [-0.25, -0.2) is 9.78 Å². The molecular formula is C23H19ClN2O3S. The molecule has 2 aromatic heterocycles. The van der Waals surface area contributed by atoms with Crippen LogP contribution in [0.15, 0.2) is 66.2 Å². The third-order valence-corrected chi connectivity index (χ3v) is 5.76. The molecule has 0 fully saturated rings. The zero-order chi connectivity index (χ0) is 20.9. The third-order valence-electron chi connectivity index (χ3n) is 4.41. The minimum Gasteiger partial charge on any atom is -0.489 e. The van der Waals surface area contributed by atoms with Crippen LogP contribution in [0.5, 0.6) is 5.75 Å². The number of rotatable bonds is 7. The number of esters is 1. The van der Waals surface area contributed by atoms with Crippen molar-refractivity contribution >= 4 is 50.4 Å². The van der Waals surface area contributed by atoms with Crippen LogP contribution in [0.2, 0.25) is 5.15 Å². The van der Waals surface area contributed by atoms with Gasteiger partial charge in [0.25, 0.3) is 0 Å². The van der Waals surface area contributed by atoms with Crippen LogP contribution in [0.1, 0.15) is 22.8 Å². The van der Waals surface area contributed by atoms with Crippen LogP contribution < -0.4 is 10.1 Å². The van der Waals surface area contributed by atoms with E-state index >= 15 is 0 Å². The quantitative estimate of drug-likeness (QED) is 0.265. The highest BCUT2D eigenvalue weighted by Crippen LogP contribution is 2.34. The number of para-hydroxylation sites is 1. The first-order valence-corrected chi connectivity index (χ1v) is 10.7. The number of benzene rings is 2. The smallest absolute Gasteiger partial charge is 0.341 e. The summed E-state index contributed by atoms with van der Waals surface area (Å²) in [7, 11) is 0. The lowest BCUT2D eigenvalue weighted by Gasteiger charge is -2.10. The Kier molecular flexibility index (Phi) is 6.16. The summed E-state index contributed by atoms with van der Waals surface area (Å²) in [5.41, 5.74) is 3.22. The van der Waals surface area contributed by atoms with Crippen molar-refractivity contribution in [3.05, 3.63) is 82.5 Å². The maximum absolute atomic E-state index is 12.2. The molecule has 1 N–H and O–H groups in total. The van der Waals surface area contributed by atoms with E-state index in [1.807, 2.05) is 60.0 Å².